The number of hydroxylamine groups is 2. The van der Waals surface area contributed by atoms with Crippen molar-refractivity contribution in [2.24, 2.45) is 10.9 Å². The van der Waals surface area contributed by atoms with Gasteiger partial charge in [0.2, 0.25) is 0 Å². The Balaban J connectivity index is 2.85. The van der Waals surface area contributed by atoms with Crippen LogP contribution >= 0.6 is 12.2 Å². The van der Waals surface area contributed by atoms with Crippen LogP contribution in [0, 0.1) is 11.1 Å². The first-order chi connectivity index (χ1) is 6.32. The largest absolute Gasteiger partial charge is 0.634 e. The number of quaternary nitrogens is 1. The fraction of sp³-hybridized carbons (Fsp3) is 0.900. The molecule has 0 spiro atoms. The molecule has 80 valence electrons. The molecule has 1 aliphatic heterocycles. The molecule has 1 N–H and O–H groups in total. The van der Waals surface area contributed by atoms with Crippen molar-refractivity contribution in [1.29, 1.82) is 0 Å². The topological polar surface area (TPSA) is 39.9 Å². The van der Waals surface area contributed by atoms with Crippen molar-refractivity contribution in [3.8, 4) is 0 Å². The second-order valence-corrected chi connectivity index (χ2v) is 5.45. The predicted molar refractivity (Wildman–Crippen MR) is 60.5 cm³/mol. The lowest BCUT2D eigenvalue weighted by Gasteiger charge is -2.41. The first kappa shape index (κ1) is 11.8. The van der Waals surface area contributed by atoms with Gasteiger partial charge in [-0.3, -0.25) is 0 Å². The molecule has 0 amide bonds. The molecule has 2 unspecified atom stereocenters. The summed E-state index contributed by atoms with van der Waals surface area (Å²) in [6.45, 7) is 8.67. The van der Waals surface area contributed by atoms with Crippen LogP contribution in [0.25, 0.3) is 0 Å². The van der Waals surface area contributed by atoms with Crippen LogP contribution in [0.15, 0.2) is 4.99 Å². The molecule has 0 bridgehead atoms. The minimum absolute atomic E-state index is 0.203. The van der Waals surface area contributed by atoms with E-state index in [2.05, 4.69) is 22.4 Å². The van der Waals surface area contributed by atoms with E-state index in [4.69, 9.17) is 0 Å². The monoisotopic (exact) mass is 214 g/mol. The Labute approximate surface area is 90.8 Å². The van der Waals surface area contributed by atoms with E-state index in [-0.39, 0.29) is 11.1 Å². The maximum atomic E-state index is 12.0. The van der Waals surface area contributed by atoms with Gasteiger partial charge >= 0.3 is 0 Å². The van der Waals surface area contributed by atoms with Crippen LogP contribution in [-0.2, 0) is 0 Å². The van der Waals surface area contributed by atoms with E-state index in [9.17, 15) is 5.21 Å². The van der Waals surface area contributed by atoms with Gasteiger partial charge in [-0.2, -0.15) is 0 Å². The maximum Gasteiger partial charge on any atom is 0.0970 e. The van der Waals surface area contributed by atoms with Crippen LogP contribution in [0.3, 0.4) is 0 Å². The molecule has 0 saturated carbocycles. The number of nitrogens with zero attached hydrogens (tertiary/aromatic N) is 1. The lowest BCUT2D eigenvalue weighted by molar-refractivity contribution is -0.934. The molecule has 2 atom stereocenters. The fourth-order valence-corrected chi connectivity index (χ4v) is 2.54. The van der Waals surface area contributed by atoms with E-state index in [1.165, 1.54) is 0 Å². The molecular weight excluding hydrogens is 196 g/mol. The van der Waals surface area contributed by atoms with Gasteiger partial charge in [0.05, 0.1) is 22.8 Å². The van der Waals surface area contributed by atoms with E-state index in [1.54, 1.807) is 0 Å². The first-order valence-electron chi connectivity index (χ1n) is 4.91. The van der Waals surface area contributed by atoms with Crippen LogP contribution in [0.5, 0.6) is 0 Å². The van der Waals surface area contributed by atoms with Gasteiger partial charge in [-0.05, 0) is 39.9 Å². The second-order valence-electron chi connectivity index (χ2n) is 5.27. The Morgan fingerprint density at radius 2 is 2.07 bits per heavy atom. The normalized spacial score (nSPS) is 33.8. The number of thiocarbonyl (C=S) groups is 1. The third kappa shape index (κ3) is 1.89. The number of nitrogens with one attached hydrogen (secondary N) is 1. The Kier molecular flexibility index (Phi) is 3.12. The fourth-order valence-electron chi connectivity index (χ4n) is 2.46. The molecule has 0 aromatic heterocycles. The van der Waals surface area contributed by atoms with Gasteiger partial charge in [0, 0.05) is 12.3 Å². The van der Waals surface area contributed by atoms with Crippen molar-refractivity contribution in [3.63, 3.8) is 0 Å². The Bertz CT molecular complexity index is 269. The minimum Gasteiger partial charge on any atom is -0.634 e. The van der Waals surface area contributed by atoms with Crippen molar-refractivity contribution in [3.05, 3.63) is 5.21 Å². The van der Waals surface area contributed by atoms with Gasteiger partial charge < -0.3 is 10.3 Å². The van der Waals surface area contributed by atoms with Gasteiger partial charge in [0.25, 0.3) is 0 Å². The zero-order valence-corrected chi connectivity index (χ0v) is 10.1. The SMILES string of the molecule is CC1(C)CC(CN=C=S)C(C)(C)[NH+]1[O-]. The summed E-state index contributed by atoms with van der Waals surface area (Å²) < 4.78 is 0. The molecule has 3 nitrogen and oxygen atoms in total. The van der Waals surface area contributed by atoms with Crippen LogP contribution in [0.2, 0.25) is 0 Å². The number of rotatable bonds is 2. The lowest BCUT2D eigenvalue weighted by atomic mass is 9.87. The summed E-state index contributed by atoms with van der Waals surface area (Å²) in [4.78, 5) is 3.96. The van der Waals surface area contributed by atoms with E-state index >= 15 is 0 Å². The van der Waals surface area contributed by atoms with E-state index in [0.717, 1.165) is 6.42 Å². The molecule has 1 fully saturated rings. The quantitative estimate of drug-likeness (QED) is 0.424. The second kappa shape index (κ2) is 3.70. The van der Waals surface area contributed by atoms with Crippen LogP contribution < -0.4 is 5.06 Å². The Morgan fingerprint density at radius 3 is 2.43 bits per heavy atom. The highest BCUT2D eigenvalue weighted by Crippen LogP contribution is 2.30. The average Bonchev–Trinajstić information content (AvgIpc) is 2.23. The molecule has 1 heterocycles. The smallest absolute Gasteiger partial charge is 0.0970 e. The zero-order valence-electron chi connectivity index (χ0n) is 9.26. The van der Waals surface area contributed by atoms with Gasteiger partial charge in [0.1, 0.15) is 0 Å². The minimum atomic E-state index is -0.265. The van der Waals surface area contributed by atoms with Gasteiger partial charge in [-0.1, -0.05) is 0 Å². The Hall–Kier alpha value is -0.280. The molecular formula is C10H18N2OS. The highest BCUT2D eigenvalue weighted by Gasteiger charge is 2.51. The summed E-state index contributed by atoms with van der Waals surface area (Å²) in [5.74, 6) is 0.306. The summed E-state index contributed by atoms with van der Waals surface area (Å²) in [5, 5.41) is 14.7. The van der Waals surface area contributed by atoms with Crippen LogP contribution in [0.1, 0.15) is 34.1 Å². The Morgan fingerprint density at radius 1 is 1.50 bits per heavy atom. The third-order valence-electron chi connectivity index (χ3n) is 3.35. The van der Waals surface area contributed by atoms with Crippen molar-refractivity contribution >= 4 is 17.4 Å². The number of hydrogen-bond donors (Lipinski definition) is 1. The number of isothiocyanates is 1. The van der Waals surface area contributed by atoms with Gasteiger partial charge in [-0.15, -0.1) is 0 Å². The molecule has 14 heavy (non-hydrogen) atoms. The summed E-state index contributed by atoms with van der Waals surface area (Å²) in [7, 11) is 0. The van der Waals surface area contributed by atoms with E-state index in [1.807, 2.05) is 27.7 Å². The summed E-state index contributed by atoms with van der Waals surface area (Å²) in [6.07, 6.45) is 0.902. The highest BCUT2D eigenvalue weighted by atomic mass is 32.1. The molecule has 0 radical (unpaired) electrons. The molecule has 4 heteroatoms. The third-order valence-corrected chi connectivity index (χ3v) is 3.48. The van der Waals surface area contributed by atoms with E-state index in [0.29, 0.717) is 17.5 Å². The predicted octanol–water partition coefficient (Wildman–Crippen LogP) is 1.05. The lowest BCUT2D eigenvalue weighted by Crippen LogP contribution is -3.19. The van der Waals surface area contributed by atoms with Crippen molar-refractivity contribution < 1.29 is 5.06 Å². The molecule has 0 aliphatic carbocycles. The maximum absolute atomic E-state index is 12.0. The van der Waals surface area contributed by atoms with Gasteiger partial charge in [0.15, 0.2) is 0 Å². The van der Waals surface area contributed by atoms with Crippen molar-refractivity contribution in [2.75, 3.05) is 6.54 Å². The summed E-state index contributed by atoms with van der Waals surface area (Å²) in [5.41, 5.74) is -0.468. The van der Waals surface area contributed by atoms with Crippen molar-refractivity contribution in [2.45, 2.75) is 45.2 Å². The number of aliphatic imine (C=N–C) groups is 1. The van der Waals surface area contributed by atoms with Crippen LogP contribution in [-0.4, -0.2) is 22.8 Å². The zero-order chi connectivity index (χ0) is 11.0. The standard InChI is InChI=1S/C10H18N2OS/c1-9(2)5-8(6-11-7-14)10(3,4)12(9)13/h8,12H,5-6H2,1-4H3. The summed E-state index contributed by atoms with van der Waals surface area (Å²) >= 11 is 4.55. The molecule has 0 aromatic carbocycles. The first-order valence-corrected chi connectivity index (χ1v) is 5.32. The molecule has 0 aromatic rings. The van der Waals surface area contributed by atoms with Crippen molar-refractivity contribution in [1.82, 2.24) is 0 Å². The molecule has 1 rings (SSSR count). The van der Waals surface area contributed by atoms with Crippen LogP contribution in [0.4, 0.5) is 0 Å². The van der Waals surface area contributed by atoms with Gasteiger partial charge in [-0.25, -0.2) is 4.99 Å². The highest BCUT2D eigenvalue weighted by molar-refractivity contribution is 7.78. The number of hydrogen-bond acceptors (Lipinski definition) is 3. The summed E-state index contributed by atoms with van der Waals surface area (Å²) in [6, 6.07) is 0. The average molecular weight is 214 g/mol. The molecule has 1 saturated heterocycles. The van der Waals surface area contributed by atoms with E-state index < -0.39 is 0 Å². The molecule has 1 aliphatic rings.